The lowest BCUT2D eigenvalue weighted by Crippen LogP contribution is -2.47. The van der Waals surface area contributed by atoms with Crippen molar-refractivity contribution >= 4 is 5.91 Å². The second kappa shape index (κ2) is 5.42. The summed E-state index contributed by atoms with van der Waals surface area (Å²) in [4.78, 5) is 15.2. The van der Waals surface area contributed by atoms with Crippen LogP contribution < -0.4 is 0 Å². The zero-order chi connectivity index (χ0) is 14.8. The van der Waals surface area contributed by atoms with Gasteiger partial charge in [-0.1, -0.05) is 18.2 Å². The molecule has 1 amide bonds. The van der Waals surface area contributed by atoms with Crippen LogP contribution in [-0.2, 0) is 0 Å². The molecule has 0 saturated carbocycles. The fraction of sp³-hybridized carbons (Fsp3) is 0.357. The number of amides is 1. The molecular formula is C14H18N4O2. The van der Waals surface area contributed by atoms with E-state index in [4.69, 9.17) is 0 Å². The average Bonchev–Trinajstić information content (AvgIpc) is 2.96. The summed E-state index contributed by atoms with van der Waals surface area (Å²) in [5.41, 5.74) is 0.390. The predicted molar refractivity (Wildman–Crippen MR) is 74.6 cm³/mol. The van der Waals surface area contributed by atoms with Gasteiger partial charge in [-0.3, -0.25) is 4.79 Å². The molecule has 20 heavy (non-hydrogen) atoms. The molecule has 0 aliphatic heterocycles. The fourth-order valence-electron chi connectivity index (χ4n) is 1.60. The Hall–Kier alpha value is -2.21. The fourth-order valence-corrected chi connectivity index (χ4v) is 1.60. The van der Waals surface area contributed by atoms with Crippen molar-refractivity contribution < 1.29 is 9.90 Å². The van der Waals surface area contributed by atoms with Crippen molar-refractivity contribution in [2.75, 3.05) is 13.7 Å². The first kappa shape index (κ1) is 14.2. The normalized spacial score (nSPS) is 11.4. The quantitative estimate of drug-likeness (QED) is 0.906. The van der Waals surface area contributed by atoms with Crippen molar-refractivity contribution in [2.45, 2.75) is 19.4 Å². The maximum absolute atomic E-state index is 12.3. The van der Waals surface area contributed by atoms with Crippen LogP contribution in [0, 0.1) is 0 Å². The summed E-state index contributed by atoms with van der Waals surface area (Å²) in [5.74, 6) is -0.272. The molecule has 0 atom stereocenters. The van der Waals surface area contributed by atoms with E-state index in [0.29, 0.717) is 0 Å². The Bertz CT molecular complexity index is 592. The van der Waals surface area contributed by atoms with E-state index in [1.807, 2.05) is 30.3 Å². The monoisotopic (exact) mass is 274 g/mol. The van der Waals surface area contributed by atoms with Gasteiger partial charge >= 0.3 is 0 Å². The number of aliphatic hydroxyl groups is 1. The van der Waals surface area contributed by atoms with Gasteiger partial charge in [-0.15, -0.1) is 5.10 Å². The Morgan fingerprint density at radius 1 is 1.35 bits per heavy atom. The molecule has 2 aromatic rings. The summed E-state index contributed by atoms with van der Waals surface area (Å²) in [5, 5.41) is 17.6. The smallest absolute Gasteiger partial charge is 0.276 e. The summed E-state index contributed by atoms with van der Waals surface area (Å²) in [7, 11) is 1.64. The maximum atomic E-state index is 12.3. The van der Waals surface area contributed by atoms with Crippen LogP contribution in [0.1, 0.15) is 24.3 Å². The minimum absolute atomic E-state index is 0.123. The molecule has 0 radical (unpaired) electrons. The molecule has 0 aliphatic carbocycles. The molecule has 0 aliphatic rings. The van der Waals surface area contributed by atoms with Crippen LogP contribution in [0.4, 0.5) is 0 Å². The summed E-state index contributed by atoms with van der Waals surface area (Å²) >= 11 is 0. The molecule has 2 rings (SSSR count). The van der Waals surface area contributed by atoms with Gasteiger partial charge in [0.1, 0.15) is 0 Å². The topological polar surface area (TPSA) is 71.2 Å². The number of hydrogen-bond acceptors (Lipinski definition) is 4. The van der Waals surface area contributed by atoms with Gasteiger partial charge in [-0.05, 0) is 26.0 Å². The van der Waals surface area contributed by atoms with E-state index in [1.165, 1.54) is 15.9 Å². The number of carbonyl (C=O) groups excluding carboxylic acids is 1. The molecule has 1 heterocycles. The molecule has 6 nitrogen and oxygen atoms in total. The van der Waals surface area contributed by atoms with Crippen LogP contribution in [0.5, 0.6) is 0 Å². The standard InChI is InChI=1S/C14H18N4O2/c1-14(2,10-19)17(3)13(20)12-9-15-18(16-12)11-7-5-4-6-8-11/h4-9,19H,10H2,1-3H3. The number of nitrogens with zero attached hydrogens (tertiary/aromatic N) is 4. The highest BCUT2D eigenvalue weighted by Crippen LogP contribution is 2.14. The molecule has 0 fully saturated rings. The van der Waals surface area contributed by atoms with E-state index in [2.05, 4.69) is 10.2 Å². The highest BCUT2D eigenvalue weighted by atomic mass is 16.3. The number of aromatic nitrogens is 3. The highest BCUT2D eigenvalue weighted by molar-refractivity contribution is 5.92. The van der Waals surface area contributed by atoms with E-state index in [1.54, 1.807) is 20.9 Å². The van der Waals surface area contributed by atoms with Gasteiger partial charge in [0.05, 0.1) is 24.0 Å². The van der Waals surface area contributed by atoms with Crippen LogP contribution in [0.2, 0.25) is 0 Å². The molecule has 0 saturated heterocycles. The van der Waals surface area contributed by atoms with Crippen LogP contribution in [0.15, 0.2) is 36.5 Å². The second-order valence-corrected chi connectivity index (χ2v) is 5.19. The number of para-hydroxylation sites is 1. The summed E-state index contributed by atoms with van der Waals surface area (Å²) in [6.45, 7) is 3.45. The Morgan fingerprint density at radius 3 is 2.60 bits per heavy atom. The minimum atomic E-state index is -0.645. The number of likely N-dealkylation sites (N-methyl/N-ethyl adjacent to an activating group) is 1. The number of carbonyl (C=O) groups is 1. The van der Waals surface area contributed by atoms with Crippen LogP contribution in [0.25, 0.3) is 5.69 Å². The second-order valence-electron chi connectivity index (χ2n) is 5.19. The van der Waals surface area contributed by atoms with E-state index in [9.17, 15) is 9.90 Å². The first-order valence-corrected chi connectivity index (χ1v) is 6.32. The first-order valence-electron chi connectivity index (χ1n) is 6.32. The third-order valence-electron chi connectivity index (χ3n) is 3.30. The molecule has 0 unspecified atom stereocenters. The van der Waals surface area contributed by atoms with Crippen molar-refractivity contribution in [3.05, 3.63) is 42.2 Å². The molecule has 0 bridgehead atoms. The van der Waals surface area contributed by atoms with Gasteiger partial charge in [-0.25, -0.2) is 0 Å². The Morgan fingerprint density at radius 2 is 2.00 bits per heavy atom. The SMILES string of the molecule is CN(C(=O)c1cnn(-c2ccccc2)n1)C(C)(C)CO. The zero-order valence-corrected chi connectivity index (χ0v) is 11.8. The van der Waals surface area contributed by atoms with Gasteiger partial charge in [-0.2, -0.15) is 9.90 Å². The lowest BCUT2D eigenvalue weighted by Gasteiger charge is -2.33. The molecule has 1 aromatic heterocycles. The van der Waals surface area contributed by atoms with Gasteiger partial charge in [0, 0.05) is 7.05 Å². The number of hydrogen-bond donors (Lipinski definition) is 1. The van der Waals surface area contributed by atoms with Crippen LogP contribution in [-0.4, -0.2) is 50.1 Å². The summed E-state index contributed by atoms with van der Waals surface area (Å²) in [6, 6.07) is 9.37. The van der Waals surface area contributed by atoms with E-state index in [0.717, 1.165) is 5.69 Å². The highest BCUT2D eigenvalue weighted by Gasteiger charge is 2.29. The predicted octanol–water partition coefficient (Wildman–Crippen LogP) is 1.11. The summed E-state index contributed by atoms with van der Waals surface area (Å²) < 4.78 is 0. The van der Waals surface area contributed by atoms with Gasteiger partial charge in [0.15, 0.2) is 5.69 Å². The third kappa shape index (κ3) is 2.70. The minimum Gasteiger partial charge on any atom is -0.394 e. The van der Waals surface area contributed by atoms with Crippen LogP contribution in [0.3, 0.4) is 0 Å². The van der Waals surface area contributed by atoms with Crippen molar-refractivity contribution in [1.29, 1.82) is 0 Å². The van der Waals surface area contributed by atoms with Crippen molar-refractivity contribution in [3.63, 3.8) is 0 Å². The maximum Gasteiger partial charge on any atom is 0.276 e. The van der Waals surface area contributed by atoms with Gasteiger partial charge in [0.2, 0.25) is 0 Å². The number of rotatable bonds is 4. The lowest BCUT2D eigenvalue weighted by molar-refractivity contribution is 0.0467. The molecule has 1 N–H and O–H groups in total. The Kier molecular flexibility index (Phi) is 3.85. The van der Waals surface area contributed by atoms with Crippen molar-refractivity contribution in [2.24, 2.45) is 0 Å². The Balaban J connectivity index is 2.23. The first-order chi connectivity index (χ1) is 9.45. The van der Waals surface area contributed by atoms with Crippen LogP contribution >= 0.6 is 0 Å². The molecule has 0 spiro atoms. The molecule has 106 valence electrons. The molecule has 6 heteroatoms. The number of aliphatic hydroxyl groups excluding tert-OH is 1. The van der Waals surface area contributed by atoms with Crippen molar-refractivity contribution in [3.8, 4) is 5.69 Å². The zero-order valence-electron chi connectivity index (χ0n) is 11.8. The number of benzene rings is 1. The average molecular weight is 274 g/mol. The Labute approximate surface area is 117 Å². The van der Waals surface area contributed by atoms with E-state index < -0.39 is 5.54 Å². The lowest BCUT2D eigenvalue weighted by atomic mass is 10.1. The van der Waals surface area contributed by atoms with Gasteiger partial charge < -0.3 is 10.0 Å². The van der Waals surface area contributed by atoms with E-state index in [-0.39, 0.29) is 18.2 Å². The molecule has 1 aromatic carbocycles. The van der Waals surface area contributed by atoms with E-state index >= 15 is 0 Å². The molecular weight excluding hydrogens is 256 g/mol. The van der Waals surface area contributed by atoms with Crippen molar-refractivity contribution in [1.82, 2.24) is 19.9 Å². The van der Waals surface area contributed by atoms with Gasteiger partial charge in [0.25, 0.3) is 5.91 Å². The third-order valence-corrected chi connectivity index (χ3v) is 3.30. The largest absolute Gasteiger partial charge is 0.394 e. The summed E-state index contributed by atoms with van der Waals surface area (Å²) in [6.07, 6.45) is 1.43.